The molecule has 0 amide bonds. The second-order valence-corrected chi connectivity index (χ2v) is 5.19. The van der Waals surface area contributed by atoms with Crippen LogP contribution in [0.2, 0.25) is 0 Å². The van der Waals surface area contributed by atoms with Crippen LogP contribution in [0.4, 0.5) is 10.1 Å². The molecule has 0 N–H and O–H groups in total. The van der Waals surface area contributed by atoms with E-state index in [2.05, 4.69) is 11.0 Å². The minimum absolute atomic E-state index is 0.0322. The molecular formula is C17H16FNO. The molecule has 0 aromatic heterocycles. The van der Waals surface area contributed by atoms with Crippen LogP contribution in [0, 0.1) is 12.7 Å². The van der Waals surface area contributed by atoms with Crippen molar-refractivity contribution in [3.05, 3.63) is 65.0 Å². The van der Waals surface area contributed by atoms with Crippen LogP contribution in [0.1, 0.15) is 21.5 Å². The van der Waals surface area contributed by atoms with Crippen LogP contribution in [0.15, 0.2) is 42.5 Å². The fourth-order valence-electron chi connectivity index (χ4n) is 2.65. The number of nitrogens with zero attached hydrogens (tertiary/aromatic N) is 1. The molecule has 1 heterocycles. The van der Waals surface area contributed by atoms with E-state index < -0.39 is 0 Å². The van der Waals surface area contributed by atoms with Crippen LogP contribution in [-0.4, -0.2) is 18.9 Å². The molecule has 0 fully saturated rings. The highest BCUT2D eigenvalue weighted by Gasteiger charge is 2.21. The Bertz CT molecular complexity index is 666. The summed E-state index contributed by atoms with van der Waals surface area (Å²) in [7, 11) is 0. The third kappa shape index (κ3) is 2.31. The van der Waals surface area contributed by atoms with Crippen molar-refractivity contribution < 1.29 is 9.18 Å². The van der Waals surface area contributed by atoms with Gasteiger partial charge in [-0.2, -0.15) is 0 Å². The Morgan fingerprint density at radius 3 is 2.85 bits per heavy atom. The first-order chi connectivity index (χ1) is 9.65. The Morgan fingerprint density at radius 1 is 1.25 bits per heavy atom. The first-order valence-corrected chi connectivity index (χ1v) is 6.77. The molecule has 0 saturated carbocycles. The lowest BCUT2D eigenvalue weighted by molar-refractivity contribution is 0.0999. The lowest BCUT2D eigenvalue weighted by atomic mass is 10.1. The number of para-hydroxylation sites is 1. The molecule has 102 valence electrons. The van der Waals surface area contributed by atoms with Crippen LogP contribution in [0.3, 0.4) is 0 Å². The highest BCUT2D eigenvalue weighted by atomic mass is 19.1. The molecule has 0 bridgehead atoms. The topological polar surface area (TPSA) is 20.3 Å². The van der Waals surface area contributed by atoms with Crippen LogP contribution < -0.4 is 4.90 Å². The van der Waals surface area contributed by atoms with E-state index in [1.807, 2.05) is 18.2 Å². The van der Waals surface area contributed by atoms with Gasteiger partial charge in [0.05, 0.1) is 6.54 Å². The van der Waals surface area contributed by atoms with Crippen molar-refractivity contribution in [3.63, 3.8) is 0 Å². The average molecular weight is 269 g/mol. The third-order valence-corrected chi connectivity index (χ3v) is 3.80. The minimum atomic E-state index is -0.270. The number of ketones is 1. The summed E-state index contributed by atoms with van der Waals surface area (Å²) >= 11 is 0. The number of carbonyl (C=O) groups excluding carboxylic acids is 1. The molecule has 0 saturated heterocycles. The number of rotatable bonds is 3. The van der Waals surface area contributed by atoms with E-state index in [-0.39, 0.29) is 11.6 Å². The molecule has 0 aliphatic carbocycles. The smallest absolute Gasteiger partial charge is 0.182 e. The van der Waals surface area contributed by atoms with E-state index in [1.165, 1.54) is 11.6 Å². The summed E-state index contributed by atoms with van der Waals surface area (Å²) in [6.07, 6.45) is 0.978. The predicted octanol–water partition coefficient (Wildman–Crippen LogP) is 3.38. The standard InChI is InChI=1S/C17H16FNO/c1-12-10-14(6-7-15(12)18)17(20)11-19-9-8-13-4-2-3-5-16(13)19/h2-7,10H,8-9,11H2,1H3. The lowest BCUT2D eigenvalue weighted by Gasteiger charge is -2.18. The normalized spacial score (nSPS) is 13.4. The van der Waals surface area contributed by atoms with E-state index >= 15 is 0 Å². The molecule has 20 heavy (non-hydrogen) atoms. The monoisotopic (exact) mass is 269 g/mol. The zero-order chi connectivity index (χ0) is 14.1. The summed E-state index contributed by atoms with van der Waals surface area (Å²) < 4.78 is 13.2. The van der Waals surface area contributed by atoms with Gasteiger partial charge in [0.25, 0.3) is 0 Å². The van der Waals surface area contributed by atoms with Gasteiger partial charge in [-0.15, -0.1) is 0 Å². The second-order valence-electron chi connectivity index (χ2n) is 5.19. The van der Waals surface area contributed by atoms with Gasteiger partial charge in [0.1, 0.15) is 5.82 Å². The molecule has 0 spiro atoms. The van der Waals surface area contributed by atoms with Crippen LogP contribution in [0.5, 0.6) is 0 Å². The van der Waals surface area contributed by atoms with Crippen molar-refractivity contribution in [2.24, 2.45) is 0 Å². The molecule has 1 aliphatic rings. The van der Waals surface area contributed by atoms with Gasteiger partial charge in [0, 0.05) is 17.8 Å². The molecule has 3 heteroatoms. The Morgan fingerprint density at radius 2 is 2.05 bits per heavy atom. The van der Waals surface area contributed by atoms with Gasteiger partial charge in [-0.05, 0) is 48.7 Å². The van der Waals surface area contributed by atoms with Gasteiger partial charge >= 0.3 is 0 Å². The zero-order valence-corrected chi connectivity index (χ0v) is 11.4. The molecule has 2 aromatic carbocycles. The Labute approximate surface area is 117 Å². The maximum absolute atomic E-state index is 13.2. The summed E-state index contributed by atoms with van der Waals surface area (Å²) in [6.45, 7) is 2.89. The van der Waals surface area contributed by atoms with Gasteiger partial charge in [0.2, 0.25) is 0 Å². The third-order valence-electron chi connectivity index (χ3n) is 3.80. The molecule has 0 atom stereocenters. The first-order valence-electron chi connectivity index (χ1n) is 6.77. The Hall–Kier alpha value is -2.16. The fourth-order valence-corrected chi connectivity index (χ4v) is 2.65. The van der Waals surface area contributed by atoms with Crippen LogP contribution >= 0.6 is 0 Å². The Balaban J connectivity index is 1.79. The van der Waals surface area contributed by atoms with Crippen molar-refractivity contribution >= 4 is 11.5 Å². The SMILES string of the molecule is Cc1cc(C(=O)CN2CCc3ccccc32)ccc1F. The predicted molar refractivity (Wildman–Crippen MR) is 77.8 cm³/mol. The number of halogens is 1. The summed E-state index contributed by atoms with van der Waals surface area (Å²) in [5, 5.41) is 0. The molecular weight excluding hydrogens is 253 g/mol. The largest absolute Gasteiger partial charge is 0.363 e. The van der Waals surface area contributed by atoms with Crippen molar-refractivity contribution in [2.45, 2.75) is 13.3 Å². The van der Waals surface area contributed by atoms with E-state index in [0.717, 1.165) is 18.7 Å². The number of anilines is 1. The molecule has 1 aliphatic heterocycles. The quantitative estimate of drug-likeness (QED) is 0.796. The van der Waals surface area contributed by atoms with Crippen LogP contribution in [-0.2, 0) is 6.42 Å². The van der Waals surface area contributed by atoms with E-state index in [0.29, 0.717) is 17.7 Å². The number of hydrogen-bond acceptors (Lipinski definition) is 2. The summed E-state index contributed by atoms with van der Waals surface area (Å²) in [6, 6.07) is 12.7. The van der Waals surface area contributed by atoms with Crippen molar-refractivity contribution in [1.82, 2.24) is 0 Å². The van der Waals surface area contributed by atoms with E-state index in [9.17, 15) is 9.18 Å². The molecule has 0 unspecified atom stereocenters. The maximum atomic E-state index is 13.2. The number of fused-ring (bicyclic) bond motifs is 1. The van der Waals surface area contributed by atoms with Crippen LogP contribution in [0.25, 0.3) is 0 Å². The fraction of sp³-hybridized carbons (Fsp3) is 0.235. The summed E-state index contributed by atoms with van der Waals surface area (Å²) in [4.78, 5) is 14.4. The first kappa shape index (κ1) is 12.9. The molecule has 0 radical (unpaired) electrons. The van der Waals surface area contributed by atoms with Crippen molar-refractivity contribution in [2.75, 3.05) is 18.0 Å². The molecule has 3 rings (SSSR count). The average Bonchev–Trinajstić information content (AvgIpc) is 2.85. The lowest BCUT2D eigenvalue weighted by Crippen LogP contribution is -2.28. The van der Waals surface area contributed by atoms with Gasteiger partial charge in [-0.1, -0.05) is 18.2 Å². The summed E-state index contributed by atoms with van der Waals surface area (Å²) in [5.41, 5.74) is 3.52. The second kappa shape index (κ2) is 5.08. The van der Waals surface area contributed by atoms with Gasteiger partial charge in [-0.25, -0.2) is 4.39 Å². The number of benzene rings is 2. The summed E-state index contributed by atoms with van der Waals surface area (Å²) in [5.74, 6) is -0.238. The highest BCUT2D eigenvalue weighted by Crippen LogP contribution is 2.27. The van der Waals surface area contributed by atoms with E-state index in [1.54, 1.807) is 19.1 Å². The molecule has 2 aromatic rings. The highest BCUT2D eigenvalue weighted by molar-refractivity contribution is 5.99. The van der Waals surface area contributed by atoms with Gasteiger partial charge in [0.15, 0.2) is 5.78 Å². The number of carbonyl (C=O) groups is 1. The van der Waals surface area contributed by atoms with E-state index in [4.69, 9.17) is 0 Å². The Kier molecular flexibility index (Phi) is 3.26. The van der Waals surface area contributed by atoms with Gasteiger partial charge in [-0.3, -0.25) is 4.79 Å². The van der Waals surface area contributed by atoms with Crippen molar-refractivity contribution in [3.8, 4) is 0 Å². The minimum Gasteiger partial charge on any atom is -0.363 e. The van der Waals surface area contributed by atoms with Gasteiger partial charge < -0.3 is 4.90 Å². The number of Topliss-reactive ketones (excluding diaryl/α,β-unsaturated/α-hetero) is 1. The maximum Gasteiger partial charge on any atom is 0.182 e. The number of aryl methyl sites for hydroxylation is 1. The zero-order valence-electron chi connectivity index (χ0n) is 11.4. The molecule has 2 nitrogen and oxygen atoms in total. The number of hydrogen-bond donors (Lipinski definition) is 0. The van der Waals surface area contributed by atoms with Crippen molar-refractivity contribution in [1.29, 1.82) is 0 Å².